The van der Waals surface area contributed by atoms with E-state index in [9.17, 15) is 13.2 Å². The molecule has 0 fully saturated rings. The Labute approximate surface area is 190 Å². The van der Waals surface area contributed by atoms with Crippen LogP contribution in [0, 0.1) is 5.92 Å². The molecule has 0 bridgehead atoms. The van der Waals surface area contributed by atoms with Crippen molar-refractivity contribution in [3.63, 3.8) is 0 Å². The van der Waals surface area contributed by atoms with Crippen LogP contribution in [-0.4, -0.2) is 28.9 Å². The molecule has 9 heteroatoms. The predicted octanol–water partition coefficient (Wildman–Crippen LogP) is 4.45. The maximum atomic E-state index is 13.1. The van der Waals surface area contributed by atoms with E-state index in [1.807, 2.05) is 74.5 Å². The number of sulfonamides is 1. The van der Waals surface area contributed by atoms with Gasteiger partial charge in [-0.15, -0.1) is 11.3 Å². The Balaban J connectivity index is 1.68. The molecule has 7 nitrogen and oxygen atoms in total. The van der Waals surface area contributed by atoms with E-state index in [4.69, 9.17) is 0 Å². The topological polar surface area (TPSA) is 94.0 Å². The maximum absolute atomic E-state index is 13.1. The van der Waals surface area contributed by atoms with Crippen molar-refractivity contribution in [1.82, 2.24) is 19.3 Å². The minimum Gasteiger partial charge on any atom is -0.336 e. The van der Waals surface area contributed by atoms with E-state index in [2.05, 4.69) is 14.7 Å². The number of amides is 1. The van der Waals surface area contributed by atoms with Gasteiger partial charge in [-0.3, -0.25) is 4.79 Å². The summed E-state index contributed by atoms with van der Waals surface area (Å²) in [7, 11) is -4.13. The number of hydrogen-bond acceptors (Lipinski definition) is 6. The van der Waals surface area contributed by atoms with E-state index in [-0.39, 0.29) is 9.90 Å². The minimum atomic E-state index is -4.13. The first-order valence-corrected chi connectivity index (χ1v) is 12.3. The maximum Gasteiger partial charge on any atom is 0.283 e. The molecule has 0 unspecified atom stereocenters. The first kappa shape index (κ1) is 21.9. The standard InChI is InChI=1S/C23H22N4O3S2/c1-16(2)13-27-14-19(24-15-27)32(29,30)26-22(28)21-20(17-9-5-3-6-10-17)25-23(31-21)18-11-7-4-8-12-18/h3-12,14-16H,13H2,1-2H3,(H,26,28). The molecule has 32 heavy (non-hydrogen) atoms. The molecule has 0 saturated heterocycles. The molecule has 1 amide bonds. The fourth-order valence-corrected chi connectivity index (χ4v) is 5.15. The first-order valence-electron chi connectivity index (χ1n) is 10.0. The highest BCUT2D eigenvalue weighted by Crippen LogP contribution is 2.34. The number of aromatic nitrogens is 3. The van der Waals surface area contributed by atoms with Gasteiger partial charge >= 0.3 is 0 Å². The van der Waals surface area contributed by atoms with E-state index < -0.39 is 15.9 Å². The van der Waals surface area contributed by atoms with Crippen LogP contribution < -0.4 is 4.72 Å². The number of hydrogen-bond donors (Lipinski definition) is 1. The Hall–Kier alpha value is -3.30. The van der Waals surface area contributed by atoms with Crippen LogP contribution in [0.3, 0.4) is 0 Å². The fraction of sp³-hybridized carbons (Fsp3) is 0.174. The molecular weight excluding hydrogens is 444 g/mol. The summed E-state index contributed by atoms with van der Waals surface area (Å²) in [6.07, 6.45) is 2.88. The average molecular weight is 467 g/mol. The zero-order valence-electron chi connectivity index (χ0n) is 17.6. The van der Waals surface area contributed by atoms with E-state index in [0.717, 1.165) is 22.5 Å². The number of rotatable bonds is 7. The van der Waals surface area contributed by atoms with Gasteiger partial charge in [-0.25, -0.2) is 14.7 Å². The summed E-state index contributed by atoms with van der Waals surface area (Å²) >= 11 is 1.15. The molecule has 0 aliphatic carbocycles. The smallest absolute Gasteiger partial charge is 0.283 e. The SMILES string of the molecule is CC(C)Cn1cnc(S(=O)(=O)NC(=O)c2sc(-c3ccccc3)nc2-c2ccccc2)c1. The number of carbonyl (C=O) groups is 1. The van der Waals surface area contributed by atoms with Crippen LogP contribution in [0.25, 0.3) is 21.8 Å². The lowest BCUT2D eigenvalue weighted by Gasteiger charge is -2.06. The number of nitrogens with one attached hydrogen (secondary N) is 1. The van der Waals surface area contributed by atoms with Gasteiger partial charge in [-0.1, -0.05) is 74.5 Å². The second-order valence-electron chi connectivity index (χ2n) is 7.67. The van der Waals surface area contributed by atoms with Crippen molar-refractivity contribution < 1.29 is 13.2 Å². The Kier molecular flexibility index (Phi) is 6.20. The van der Waals surface area contributed by atoms with Gasteiger partial charge in [0.1, 0.15) is 9.88 Å². The van der Waals surface area contributed by atoms with Crippen LogP contribution in [0.5, 0.6) is 0 Å². The van der Waals surface area contributed by atoms with Gasteiger partial charge in [0.15, 0.2) is 5.03 Å². The molecule has 0 spiro atoms. The highest BCUT2D eigenvalue weighted by molar-refractivity contribution is 7.90. The normalized spacial score (nSPS) is 11.6. The first-order chi connectivity index (χ1) is 15.3. The third kappa shape index (κ3) is 4.79. The van der Waals surface area contributed by atoms with Gasteiger partial charge in [-0.2, -0.15) is 8.42 Å². The Bertz CT molecular complexity index is 1330. The van der Waals surface area contributed by atoms with E-state index >= 15 is 0 Å². The van der Waals surface area contributed by atoms with Crippen LogP contribution >= 0.6 is 11.3 Å². The Morgan fingerprint density at radius 3 is 2.28 bits per heavy atom. The summed E-state index contributed by atoms with van der Waals surface area (Å²) in [5, 5.41) is 0.439. The van der Waals surface area contributed by atoms with E-state index in [1.165, 1.54) is 12.5 Å². The Morgan fingerprint density at radius 2 is 1.66 bits per heavy atom. The van der Waals surface area contributed by atoms with Crippen molar-refractivity contribution in [3.05, 3.63) is 78.1 Å². The van der Waals surface area contributed by atoms with E-state index in [1.54, 1.807) is 4.57 Å². The second-order valence-corrected chi connectivity index (χ2v) is 10.3. The summed E-state index contributed by atoms with van der Waals surface area (Å²) < 4.78 is 29.5. The van der Waals surface area contributed by atoms with Crippen molar-refractivity contribution >= 4 is 27.3 Å². The molecular formula is C23H22N4O3S2. The quantitative estimate of drug-likeness (QED) is 0.434. The monoisotopic (exact) mass is 466 g/mol. The summed E-state index contributed by atoms with van der Waals surface area (Å²) in [5.41, 5.74) is 2.02. The zero-order valence-corrected chi connectivity index (χ0v) is 19.2. The highest BCUT2D eigenvalue weighted by atomic mass is 32.2. The fourth-order valence-electron chi connectivity index (χ4n) is 3.19. The molecule has 2 aromatic heterocycles. The largest absolute Gasteiger partial charge is 0.336 e. The van der Waals surface area contributed by atoms with Crippen LogP contribution in [-0.2, 0) is 16.6 Å². The number of carbonyl (C=O) groups excluding carboxylic acids is 1. The molecule has 4 rings (SSSR count). The summed E-state index contributed by atoms with van der Waals surface area (Å²) in [6, 6.07) is 18.7. The molecule has 0 aliphatic rings. The Morgan fingerprint density at radius 1 is 1.03 bits per heavy atom. The lowest BCUT2D eigenvalue weighted by atomic mass is 10.1. The molecule has 2 aromatic carbocycles. The van der Waals surface area contributed by atoms with Crippen LogP contribution in [0.15, 0.2) is 78.2 Å². The number of nitrogens with zero attached hydrogens (tertiary/aromatic N) is 3. The van der Waals surface area contributed by atoms with E-state index in [0.29, 0.717) is 23.2 Å². The molecule has 0 radical (unpaired) electrons. The summed E-state index contributed by atoms with van der Waals surface area (Å²) in [6.45, 7) is 4.67. The number of benzene rings is 2. The zero-order chi connectivity index (χ0) is 22.7. The predicted molar refractivity (Wildman–Crippen MR) is 125 cm³/mol. The molecule has 164 valence electrons. The van der Waals surface area contributed by atoms with Gasteiger partial charge in [-0.05, 0) is 5.92 Å². The highest BCUT2D eigenvalue weighted by Gasteiger charge is 2.26. The van der Waals surface area contributed by atoms with Gasteiger partial charge < -0.3 is 4.57 Å². The van der Waals surface area contributed by atoms with Crippen molar-refractivity contribution in [2.45, 2.75) is 25.4 Å². The van der Waals surface area contributed by atoms with Crippen molar-refractivity contribution in [2.24, 2.45) is 5.92 Å². The second kappa shape index (κ2) is 9.05. The minimum absolute atomic E-state index is 0.194. The number of thiazole rings is 1. The molecule has 2 heterocycles. The lowest BCUT2D eigenvalue weighted by Crippen LogP contribution is -2.30. The number of imidazole rings is 1. The summed E-state index contributed by atoms with van der Waals surface area (Å²) in [4.78, 5) is 21.9. The van der Waals surface area contributed by atoms with Crippen LogP contribution in [0.1, 0.15) is 23.5 Å². The molecule has 0 atom stereocenters. The average Bonchev–Trinajstić information content (AvgIpc) is 3.42. The van der Waals surface area contributed by atoms with Gasteiger partial charge in [0.25, 0.3) is 15.9 Å². The van der Waals surface area contributed by atoms with Crippen molar-refractivity contribution in [3.8, 4) is 21.8 Å². The van der Waals surface area contributed by atoms with Gasteiger partial charge in [0.2, 0.25) is 0 Å². The molecule has 4 aromatic rings. The third-order valence-corrected chi connectivity index (χ3v) is 6.91. The van der Waals surface area contributed by atoms with Crippen LogP contribution in [0.4, 0.5) is 0 Å². The van der Waals surface area contributed by atoms with Gasteiger partial charge in [0, 0.05) is 23.9 Å². The molecule has 0 saturated carbocycles. The summed E-state index contributed by atoms with van der Waals surface area (Å²) in [5.74, 6) is -0.404. The lowest BCUT2D eigenvalue weighted by molar-refractivity contribution is 0.0985. The van der Waals surface area contributed by atoms with Crippen molar-refractivity contribution in [1.29, 1.82) is 0 Å². The van der Waals surface area contributed by atoms with Crippen LogP contribution in [0.2, 0.25) is 0 Å². The van der Waals surface area contributed by atoms with Gasteiger partial charge in [0.05, 0.1) is 12.0 Å². The molecule has 1 N–H and O–H groups in total. The third-order valence-electron chi connectivity index (χ3n) is 4.59. The molecule has 0 aliphatic heterocycles. The van der Waals surface area contributed by atoms with Crippen molar-refractivity contribution in [2.75, 3.05) is 0 Å².